The first kappa shape index (κ1) is 14.4. The number of methoxy groups -OCH3 is 1. The van der Waals surface area contributed by atoms with Gasteiger partial charge in [-0.25, -0.2) is 4.79 Å². The summed E-state index contributed by atoms with van der Waals surface area (Å²) in [6.07, 6.45) is 0.989. The van der Waals surface area contributed by atoms with Crippen LogP contribution < -0.4 is 5.56 Å². The lowest BCUT2D eigenvalue weighted by molar-refractivity contribution is 0.121. The van der Waals surface area contributed by atoms with Crippen molar-refractivity contribution in [3.8, 4) is 0 Å². The number of aromatic nitrogens is 1. The summed E-state index contributed by atoms with van der Waals surface area (Å²) in [6.45, 7) is 1.20. The maximum absolute atomic E-state index is 12.5. The van der Waals surface area contributed by atoms with Gasteiger partial charge in [-0.05, 0) is 12.0 Å². The second-order valence-electron chi connectivity index (χ2n) is 5.32. The normalized spacial score (nSPS) is 14.3. The highest BCUT2D eigenvalue weighted by Gasteiger charge is 2.25. The Labute approximate surface area is 127 Å². The Balaban J connectivity index is 1.88. The summed E-state index contributed by atoms with van der Waals surface area (Å²) in [7, 11) is 1.34. The quantitative estimate of drug-likeness (QED) is 0.851. The van der Waals surface area contributed by atoms with E-state index in [-0.39, 0.29) is 12.1 Å². The summed E-state index contributed by atoms with van der Waals surface area (Å²) >= 11 is 0. The van der Waals surface area contributed by atoms with Crippen LogP contribution in [0.5, 0.6) is 0 Å². The van der Waals surface area contributed by atoms with Crippen LogP contribution in [0.15, 0.2) is 39.6 Å². The maximum Gasteiger partial charge on any atom is 0.409 e. The number of benzene rings is 1. The van der Waals surface area contributed by atoms with Crippen LogP contribution in [0.3, 0.4) is 0 Å². The molecule has 1 aliphatic heterocycles. The zero-order valence-electron chi connectivity index (χ0n) is 12.4. The highest BCUT2D eigenvalue weighted by atomic mass is 16.5. The number of amides is 1. The van der Waals surface area contributed by atoms with E-state index in [9.17, 15) is 9.59 Å². The molecule has 0 atom stereocenters. The summed E-state index contributed by atoms with van der Waals surface area (Å²) < 4.78 is 11.8. The molecule has 1 amide bonds. The Morgan fingerprint density at radius 1 is 1.32 bits per heavy atom. The van der Waals surface area contributed by atoms with Crippen LogP contribution in [0.2, 0.25) is 0 Å². The molecule has 22 heavy (non-hydrogen) atoms. The van der Waals surface area contributed by atoms with E-state index >= 15 is 0 Å². The van der Waals surface area contributed by atoms with Crippen LogP contribution in [0.25, 0.3) is 0 Å². The third kappa shape index (κ3) is 2.77. The van der Waals surface area contributed by atoms with E-state index in [4.69, 9.17) is 9.26 Å². The Morgan fingerprint density at radius 3 is 2.82 bits per heavy atom. The number of rotatable bonds is 2. The van der Waals surface area contributed by atoms with Gasteiger partial charge in [0.1, 0.15) is 5.76 Å². The summed E-state index contributed by atoms with van der Waals surface area (Å²) in [4.78, 5) is 25.8. The molecule has 116 valence electrons. The maximum atomic E-state index is 12.5. The lowest BCUT2D eigenvalue weighted by Gasteiger charge is -2.17. The predicted octanol–water partition coefficient (Wildman–Crippen LogP) is 2.00. The van der Waals surface area contributed by atoms with Crippen molar-refractivity contribution in [2.45, 2.75) is 25.9 Å². The van der Waals surface area contributed by atoms with Crippen LogP contribution in [0, 0.1) is 0 Å². The smallest absolute Gasteiger partial charge is 0.409 e. The number of nitrogens with zero attached hydrogens (tertiary/aromatic N) is 2. The summed E-state index contributed by atoms with van der Waals surface area (Å²) in [5.74, 6) is 0.673. The van der Waals surface area contributed by atoms with Crippen molar-refractivity contribution >= 4 is 6.09 Å². The van der Waals surface area contributed by atoms with Crippen LogP contribution in [0.1, 0.15) is 23.3 Å². The molecule has 0 aliphatic carbocycles. The molecule has 0 saturated carbocycles. The van der Waals surface area contributed by atoms with E-state index in [0.29, 0.717) is 30.8 Å². The van der Waals surface area contributed by atoms with Crippen LogP contribution in [-0.4, -0.2) is 29.4 Å². The largest absolute Gasteiger partial charge is 0.453 e. The Hall–Kier alpha value is -2.50. The van der Waals surface area contributed by atoms with Crippen LogP contribution in [-0.2, 0) is 24.2 Å². The first-order chi connectivity index (χ1) is 10.7. The van der Waals surface area contributed by atoms with Crippen molar-refractivity contribution in [2.75, 3.05) is 13.7 Å². The number of ether oxygens (including phenoxy) is 1. The SMILES string of the molecule is COC(=O)N1CCCc2on(Cc3ccccc3)c(=O)c2C1. The molecule has 1 aliphatic rings. The molecule has 1 aromatic carbocycles. The number of aryl methyl sites for hydroxylation is 1. The number of fused-ring (bicyclic) bond motifs is 1. The molecule has 2 aromatic rings. The highest BCUT2D eigenvalue weighted by Crippen LogP contribution is 2.17. The van der Waals surface area contributed by atoms with Gasteiger partial charge in [-0.3, -0.25) is 4.79 Å². The van der Waals surface area contributed by atoms with Crippen molar-refractivity contribution in [3.05, 3.63) is 57.6 Å². The molecule has 1 aromatic heterocycles. The topological polar surface area (TPSA) is 64.7 Å². The third-order valence-electron chi connectivity index (χ3n) is 3.82. The van der Waals surface area contributed by atoms with Crippen LogP contribution >= 0.6 is 0 Å². The van der Waals surface area contributed by atoms with Crippen molar-refractivity contribution in [3.63, 3.8) is 0 Å². The Kier molecular flexibility index (Phi) is 4.00. The molecule has 0 unspecified atom stereocenters. The fraction of sp³-hybridized carbons (Fsp3) is 0.375. The average Bonchev–Trinajstić information content (AvgIpc) is 2.73. The molecule has 6 heteroatoms. The number of carbonyl (C=O) groups is 1. The van der Waals surface area contributed by atoms with Gasteiger partial charge in [0.2, 0.25) is 0 Å². The van der Waals surface area contributed by atoms with Crippen molar-refractivity contribution < 1.29 is 14.1 Å². The second-order valence-corrected chi connectivity index (χ2v) is 5.32. The van der Waals surface area contributed by atoms with Crippen molar-refractivity contribution in [1.29, 1.82) is 0 Å². The first-order valence-corrected chi connectivity index (χ1v) is 7.27. The minimum absolute atomic E-state index is 0.172. The molecule has 6 nitrogen and oxygen atoms in total. The van der Waals surface area contributed by atoms with E-state index in [1.165, 1.54) is 16.7 Å². The van der Waals surface area contributed by atoms with Gasteiger partial charge in [0.25, 0.3) is 5.56 Å². The Morgan fingerprint density at radius 2 is 2.09 bits per heavy atom. The number of hydrogen-bond acceptors (Lipinski definition) is 4. The monoisotopic (exact) mass is 302 g/mol. The summed E-state index contributed by atoms with van der Waals surface area (Å²) in [5.41, 5.74) is 1.38. The van der Waals surface area contributed by atoms with Gasteiger partial charge in [0.15, 0.2) is 0 Å². The van der Waals surface area contributed by atoms with E-state index in [1.807, 2.05) is 30.3 Å². The molecule has 0 bridgehead atoms. The van der Waals surface area contributed by atoms with Crippen molar-refractivity contribution in [2.24, 2.45) is 0 Å². The molecule has 0 N–H and O–H groups in total. The summed E-state index contributed by atoms with van der Waals surface area (Å²) in [5, 5.41) is 0. The molecule has 3 rings (SSSR count). The molecule has 0 spiro atoms. The van der Waals surface area contributed by atoms with Crippen LogP contribution in [0.4, 0.5) is 4.79 Å². The van der Waals surface area contributed by atoms with Gasteiger partial charge in [-0.2, -0.15) is 4.74 Å². The van der Waals surface area contributed by atoms with Gasteiger partial charge in [0, 0.05) is 13.0 Å². The second kappa shape index (κ2) is 6.09. The number of hydrogen-bond donors (Lipinski definition) is 0. The lowest BCUT2D eigenvalue weighted by atomic mass is 10.2. The summed E-state index contributed by atoms with van der Waals surface area (Å²) in [6, 6.07) is 9.67. The highest BCUT2D eigenvalue weighted by molar-refractivity contribution is 5.67. The minimum atomic E-state index is -0.414. The van der Waals surface area contributed by atoms with Gasteiger partial charge in [-0.1, -0.05) is 30.3 Å². The van der Waals surface area contributed by atoms with Gasteiger partial charge < -0.3 is 14.2 Å². The first-order valence-electron chi connectivity index (χ1n) is 7.27. The van der Waals surface area contributed by atoms with E-state index in [1.54, 1.807) is 0 Å². The van der Waals surface area contributed by atoms with E-state index < -0.39 is 6.09 Å². The number of carbonyl (C=O) groups excluding carboxylic acids is 1. The fourth-order valence-corrected chi connectivity index (χ4v) is 2.69. The zero-order chi connectivity index (χ0) is 15.5. The van der Waals surface area contributed by atoms with E-state index in [2.05, 4.69) is 0 Å². The molecular formula is C16H18N2O4. The fourth-order valence-electron chi connectivity index (χ4n) is 2.69. The minimum Gasteiger partial charge on any atom is -0.453 e. The van der Waals surface area contributed by atoms with Gasteiger partial charge in [0.05, 0.1) is 25.8 Å². The zero-order valence-corrected chi connectivity index (χ0v) is 12.4. The van der Waals surface area contributed by atoms with E-state index in [0.717, 1.165) is 12.0 Å². The van der Waals surface area contributed by atoms with Gasteiger partial charge >= 0.3 is 6.09 Å². The Bertz CT molecular complexity index is 717. The predicted molar refractivity (Wildman–Crippen MR) is 79.6 cm³/mol. The molecule has 0 fully saturated rings. The van der Waals surface area contributed by atoms with Gasteiger partial charge in [-0.15, -0.1) is 0 Å². The standard InChI is InChI=1S/C16H18N2O4/c1-21-16(20)17-9-5-8-14-13(11-17)15(19)18(22-14)10-12-6-3-2-4-7-12/h2-4,6-7H,5,8-11H2,1H3. The third-order valence-corrected chi connectivity index (χ3v) is 3.82. The molecular weight excluding hydrogens is 284 g/mol. The van der Waals surface area contributed by atoms with Crippen molar-refractivity contribution in [1.82, 2.24) is 9.64 Å². The molecule has 2 heterocycles. The molecule has 0 saturated heterocycles. The average molecular weight is 302 g/mol. The lowest BCUT2D eigenvalue weighted by Crippen LogP contribution is -2.32. The molecule has 0 radical (unpaired) electrons.